The molecule has 0 spiro atoms. The molecule has 0 fully saturated rings. The number of halogens is 4. The maximum atomic E-state index is 12.8. The second kappa shape index (κ2) is 5.23. The Labute approximate surface area is 113 Å². The van der Waals surface area contributed by atoms with Gasteiger partial charge in [0.15, 0.2) is 0 Å². The Hall–Kier alpha value is -1.15. The van der Waals surface area contributed by atoms with Gasteiger partial charge in [-0.05, 0) is 22.0 Å². The molecule has 0 radical (unpaired) electrons. The third-order valence-corrected chi connectivity index (χ3v) is 3.26. The summed E-state index contributed by atoms with van der Waals surface area (Å²) in [5.41, 5.74) is -0.798. The quantitative estimate of drug-likeness (QED) is 0.921. The Kier molecular flexibility index (Phi) is 3.86. The van der Waals surface area contributed by atoms with Gasteiger partial charge in [0.2, 0.25) is 0 Å². The average Bonchev–Trinajstić information content (AvgIpc) is 2.79. The number of nitrogens with one attached hydrogen (secondary N) is 1. The number of rotatable bonds is 3. The van der Waals surface area contributed by atoms with Gasteiger partial charge in [0.05, 0.1) is 12.1 Å². The minimum Gasteiger partial charge on any atom is -0.363 e. The van der Waals surface area contributed by atoms with E-state index in [0.717, 1.165) is 6.07 Å². The van der Waals surface area contributed by atoms with Crippen LogP contribution in [0.2, 0.25) is 0 Å². The van der Waals surface area contributed by atoms with E-state index < -0.39 is 11.7 Å². The first-order chi connectivity index (χ1) is 8.47. The van der Waals surface area contributed by atoms with Crippen LogP contribution in [-0.4, -0.2) is 9.97 Å². The van der Waals surface area contributed by atoms with Crippen LogP contribution in [-0.2, 0) is 12.7 Å². The predicted molar refractivity (Wildman–Crippen MR) is 66.4 cm³/mol. The zero-order valence-electron chi connectivity index (χ0n) is 8.83. The van der Waals surface area contributed by atoms with Gasteiger partial charge in [0.1, 0.15) is 10.8 Å². The molecule has 0 amide bonds. The van der Waals surface area contributed by atoms with Crippen molar-refractivity contribution in [3.05, 3.63) is 38.9 Å². The zero-order valence-corrected chi connectivity index (χ0v) is 11.2. The first-order valence-corrected chi connectivity index (χ1v) is 6.49. The smallest absolute Gasteiger partial charge is 0.363 e. The number of aromatic nitrogens is 2. The standard InChI is InChI=1S/C10H7BrF3N3S/c11-6-3-7(10(12,13)14)9(16-4-6)17-5-8-15-1-2-18-8/h1-4H,5H2,(H,16,17). The van der Waals surface area contributed by atoms with E-state index in [9.17, 15) is 13.2 Å². The number of nitrogens with zero attached hydrogens (tertiary/aromatic N) is 2. The molecule has 0 aromatic carbocycles. The van der Waals surface area contributed by atoms with E-state index >= 15 is 0 Å². The van der Waals surface area contributed by atoms with Crippen LogP contribution in [0.5, 0.6) is 0 Å². The minimum atomic E-state index is -4.44. The van der Waals surface area contributed by atoms with Crippen LogP contribution in [0.3, 0.4) is 0 Å². The fraction of sp³-hybridized carbons (Fsp3) is 0.200. The topological polar surface area (TPSA) is 37.8 Å². The fourth-order valence-electron chi connectivity index (χ4n) is 1.30. The summed E-state index contributed by atoms with van der Waals surface area (Å²) < 4.78 is 38.6. The Balaban J connectivity index is 2.22. The number of thiazole rings is 1. The van der Waals surface area contributed by atoms with Crippen molar-refractivity contribution in [1.82, 2.24) is 9.97 Å². The molecule has 2 aromatic heterocycles. The Morgan fingerprint density at radius 3 is 2.72 bits per heavy atom. The van der Waals surface area contributed by atoms with Crippen molar-refractivity contribution < 1.29 is 13.2 Å². The summed E-state index contributed by atoms with van der Waals surface area (Å²) in [7, 11) is 0. The minimum absolute atomic E-state index is 0.194. The Bertz CT molecular complexity index is 528. The van der Waals surface area contributed by atoms with Gasteiger partial charge in [0.25, 0.3) is 0 Å². The maximum absolute atomic E-state index is 12.8. The van der Waals surface area contributed by atoms with E-state index in [-0.39, 0.29) is 16.8 Å². The summed E-state index contributed by atoms with van der Waals surface area (Å²) >= 11 is 4.34. The van der Waals surface area contributed by atoms with Gasteiger partial charge in [-0.25, -0.2) is 9.97 Å². The molecular weight excluding hydrogens is 331 g/mol. The molecule has 2 aromatic rings. The van der Waals surface area contributed by atoms with Crippen LogP contribution >= 0.6 is 27.3 Å². The third-order valence-electron chi connectivity index (χ3n) is 2.05. The van der Waals surface area contributed by atoms with Crippen molar-refractivity contribution in [3.63, 3.8) is 0 Å². The second-order valence-electron chi connectivity index (χ2n) is 3.33. The van der Waals surface area contributed by atoms with E-state index in [0.29, 0.717) is 5.01 Å². The molecule has 0 aliphatic carbocycles. The number of hydrogen-bond donors (Lipinski definition) is 1. The fourth-order valence-corrected chi connectivity index (χ4v) is 2.18. The van der Waals surface area contributed by atoms with Gasteiger partial charge in [-0.15, -0.1) is 11.3 Å². The van der Waals surface area contributed by atoms with Crippen molar-refractivity contribution in [3.8, 4) is 0 Å². The molecule has 0 saturated heterocycles. The maximum Gasteiger partial charge on any atom is 0.419 e. The monoisotopic (exact) mass is 337 g/mol. The van der Waals surface area contributed by atoms with Gasteiger partial charge in [-0.2, -0.15) is 13.2 Å². The van der Waals surface area contributed by atoms with Crippen LogP contribution in [0.4, 0.5) is 19.0 Å². The normalized spacial score (nSPS) is 11.6. The summed E-state index contributed by atoms with van der Waals surface area (Å²) in [4.78, 5) is 7.72. The zero-order chi connectivity index (χ0) is 13.2. The second-order valence-corrected chi connectivity index (χ2v) is 5.22. The van der Waals surface area contributed by atoms with Crippen molar-refractivity contribution in [2.75, 3.05) is 5.32 Å². The van der Waals surface area contributed by atoms with Gasteiger partial charge >= 0.3 is 6.18 Å². The van der Waals surface area contributed by atoms with E-state index in [1.54, 1.807) is 11.6 Å². The Morgan fingerprint density at radius 2 is 2.11 bits per heavy atom. The lowest BCUT2D eigenvalue weighted by atomic mass is 10.2. The summed E-state index contributed by atoms with van der Waals surface area (Å²) in [6, 6.07) is 0.997. The number of hydrogen-bond acceptors (Lipinski definition) is 4. The number of alkyl halides is 3. The van der Waals surface area contributed by atoms with Crippen LogP contribution < -0.4 is 5.32 Å². The highest BCUT2D eigenvalue weighted by Crippen LogP contribution is 2.35. The summed E-state index contributed by atoms with van der Waals surface area (Å²) in [5.74, 6) is -0.194. The van der Waals surface area contributed by atoms with Gasteiger partial charge in [0, 0.05) is 22.2 Å². The lowest BCUT2D eigenvalue weighted by Gasteiger charge is -2.13. The van der Waals surface area contributed by atoms with E-state index in [1.165, 1.54) is 17.5 Å². The lowest BCUT2D eigenvalue weighted by molar-refractivity contribution is -0.137. The molecule has 0 aliphatic rings. The molecule has 8 heteroatoms. The van der Waals surface area contributed by atoms with Gasteiger partial charge < -0.3 is 5.32 Å². The van der Waals surface area contributed by atoms with Crippen molar-refractivity contribution in [2.24, 2.45) is 0 Å². The first-order valence-electron chi connectivity index (χ1n) is 4.82. The lowest BCUT2D eigenvalue weighted by Crippen LogP contribution is -2.12. The molecule has 2 heterocycles. The van der Waals surface area contributed by atoms with Gasteiger partial charge in [-0.3, -0.25) is 0 Å². The molecule has 3 nitrogen and oxygen atoms in total. The van der Waals surface area contributed by atoms with Crippen LogP contribution in [0.15, 0.2) is 28.3 Å². The molecule has 0 bridgehead atoms. The molecule has 0 aliphatic heterocycles. The van der Waals surface area contributed by atoms with E-state index in [4.69, 9.17) is 0 Å². The predicted octanol–water partition coefficient (Wildman–Crippen LogP) is 3.93. The number of pyridine rings is 1. The Morgan fingerprint density at radius 1 is 1.33 bits per heavy atom. The van der Waals surface area contributed by atoms with Crippen molar-refractivity contribution in [2.45, 2.75) is 12.7 Å². The van der Waals surface area contributed by atoms with E-state index in [1.807, 2.05) is 0 Å². The molecule has 0 saturated carbocycles. The van der Waals surface area contributed by atoms with Crippen LogP contribution in [0, 0.1) is 0 Å². The van der Waals surface area contributed by atoms with Crippen molar-refractivity contribution in [1.29, 1.82) is 0 Å². The molecule has 96 valence electrons. The molecule has 0 unspecified atom stereocenters. The first kappa shape index (κ1) is 13.3. The van der Waals surface area contributed by atoms with E-state index in [2.05, 4.69) is 31.2 Å². The highest BCUT2D eigenvalue weighted by molar-refractivity contribution is 9.10. The largest absolute Gasteiger partial charge is 0.419 e. The highest BCUT2D eigenvalue weighted by Gasteiger charge is 2.34. The molecular formula is C10H7BrF3N3S. The summed E-state index contributed by atoms with van der Waals surface area (Å²) in [5, 5.41) is 5.11. The molecule has 2 rings (SSSR count). The molecule has 1 N–H and O–H groups in total. The van der Waals surface area contributed by atoms with Crippen LogP contribution in [0.25, 0.3) is 0 Å². The van der Waals surface area contributed by atoms with Gasteiger partial charge in [-0.1, -0.05) is 0 Å². The summed E-state index contributed by atoms with van der Waals surface area (Å²) in [6.07, 6.45) is -1.53. The third kappa shape index (κ3) is 3.20. The molecule has 18 heavy (non-hydrogen) atoms. The highest BCUT2D eigenvalue weighted by atomic mass is 79.9. The van der Waals surface area contributed by atoms with Crippen LogP contribution in [0.1, 0.15) is 10.6 Å². The summed E-state index contributed by atoms with van der Waals surface area (Å²) in [6.45, 7) is 0.218. The SMILES string of the molecule is FC(F)(F)c1cc(Br)cnc1NCc1nccs1. The number of anilines is 1. The van der Waals surface area contributed by atoms with Crippen molar-refractivity contribution >= 4 is 33.1 Å². The average molecular weight is 338 g/mol. The molecule has 0 atom stereocenters.